The van der Waals surface area contributed by atoms with E-state index in [1.165, 1.54) is 6.20 Å². The molecule has 0 spiro atoms. The number of hydrogen-bond donors (Lipinski definition) is 1. The highest BCUT2D eigenvalue weighted by Crippen LogP contribution is 2.29. The highest BCUT2D eigenvalue weighted by molar-refractivity contribution is 7.91. The number of anilines is 3. The van der Waals surface area contributed by atoms with E-state index in [0.717, 1.165) is 5.69 Å². The number of rotatable bonds is 6. The van der Waals surface area contributed by atoms with E-state index in [1.54, 1.807) is 19.2 Å². The predicted molar refractivity (Wildman–Crippen MR) is 101 cm³/mol. The molecular formula is C16H20ClN5O3S. The van der Waals surface area contributed by atoms with Crippen LogP contribution < -0.4 is 15.0 Å². The Labute approximate surface area is 157 Å². The zero-order valence-electron chi connectivity index (χ0n) is 14.5. The number of aromatic nitrogens is 3. The topological polar surface area (TPSA) is 97.3 Å². The molecule has 0 saturated carbocycles. The fourth-order valence-electron chi connectivity index (χ4n) is 2.95. The van der Waals surface area contributed by atoms with Crippen LogP contribution in [0.1, 0.15) is 13.3 Å². The van der Waals surface area contributed by atoms with Crippen LogP contribution in [0.2, 0.25) is 5.02 Å². The third-order valence-corrected chi connectivity index (χ3v) is 6.26. The lowest BCUT2D eigenvalue weighted by atomic mass is 10.2. The monoisotopic (exact) mass is 397 g/mol. The molecule has 1 aromatic carbocycles. The Bertz CT molecular complexity index is 893. The molecule has 10 heteroatoms. The maximum atomic E-state index is 11.8. The first kappa shape index (κ1) is 18.7. The molecule has 2 aromatic rings. The Kier molecular flexibility index (Phi) is 5.47. The fraction of sp³-hybridized carbons (Fsp3) is 0.438. The third kappa shape index (κ3) is 4.16. The van der Waals surface area contributed by atoms with Crippen LogP contribution >= 0.6 is 11.6 Å². The normalized spacial score (nSPS) is 18.5. The zero-order valence-corrected chi connectivity index (χ0v) is 16.1. The maximum absolute atomic E-state index is 11.8. The van der Waals surface area contributed by atoms with Crippen LogP contribution in [0.25, 0.3) is 0 Å². The van der Waals surface area contributed by atoms with Crippen LogP contribution in [0.5, 0.6) is 5.75 Å². The molecule has 3 rings (SSSR count). The van der Waals surface area contributed by atoms with E-state index < -0.39 is 9.84 Å². The number of nitrogens with one attached hydrogen (secondary N) is 1. The Hall–Kier alpha value is -2.13. The second-order valence-electron chi connectivity index (χ2n) is 5.96. The van der Waals surface area contributed by atoms with Crippen LogP contribution in [0.4, 0.5) is 17.5 Å². The molecule has 1 fully saturated rings. The summed E-state index contributed by atoms with van der Waals surface area (Å²) in [5, 5.41) is 11.7. The lowest BCUT2D eigenvalue weighted by molar-refractivity contribution is 0.415. The molecule has 1 unspecified atom stereocenters. The Morgan fingerprint density at radius 1 is 1.42 bits per heavy atom. The van der Waals surface area contributed by atoms with Crippen LogP contribution in [0.15, 0.2) is 24.4 Å². The molecule has 1 aromatic heterocycles. The Morgan fingerprint density at radius 2 is 2.23 bits per heavy atom. The van der Waals surface area contributed by atoms with Gasteiger partial charge in [0.25, 0.3) is 0 Å². The fourth-order valence-corrected chi connectivity index (χ4v) is 4.94. The lowest BCUT2D eigenvalue weighted by Crippen LogP contribution is -2.37. The van der Waals surface area contributed by atoms with Crippen molar-refractivity contribution in [1.29, 1.82) is 0 Å². The molecule has 0 aliphatic carbocycles. The van der Waals surface area contributed by atoms with Crippen LogP contribution in [-0.4, -0.2) is 54.8 Å². The van der Waals surface area contributed by atoms with Crippen molar-refractivity contribution in [2.45, 2.75) is 19.4 Å². The predicted octanol–water partition coefficient (Wildman–Crippen LogP) is 2.29. The highest BCUT2D eigenvalue weighted by Gasteiger charge is 2.33. The summed E-state index contributed by atoms with van der Waals surface area (Å²) in [7, 11) is -1.44. The van der Waals surface area contributed by atoms with Gasteiger partial charge in [-0.2, -0.15) is 10.1 Å². The largest absolute Gasteiger partial charge is 0.495 e. The molecule has 1 atom stereocenters. The molecule has 1 aliphatic heterocycles. The number of nitrogens with zero attached hydrogens (tertiary/aromatic N) is 4. The van der Waals surface area contributed by atoms with Gasteiger partial charge >= 0.3 is 0 Å². The SMILES string of the molecule is CCN(c1nncc(Nc2ccc(OC)c(Cl)c2)n1)C1CCS(=O)(=O)C1. The molecule has 0 bridgehead atoms. The van der Waals surface area contributed by atoms with Gasteiger partial charge in [-0.3, -0.25) is 0 Å². The van der Waals surface area contributed by atoms with E-state index in [1.807, 2.05) is 17.9 Å². The van der Waals surface area contributed by atoms with Gasteiger partial charge in [0.15, 0.2) is 15.7 Å². The van der Waals surface area contributed by atoms with Gasteiger partial charge in [-0.05, 0) is 31.5 Å². The number of methoxy groups -OCH3 is 1. The van der Waals surface area contributed by atoms with Gasteiger partial charge in [-0.1, -0.05) is 11.6 Å². The molecule has 1 N–H and O–H groups in total. The number of sulfone groups is 1. The Morgan fingerprint density at radius 3 is 2.85 bits per heavy atom. The number of halogens is 1. The van der Waals surface area contributed by atoms with Crippen molar-refractivity contribution < 1.29 is 13.2 Å². The van der Waals surface area contributed by atoms with Crippen molar-refractivity contribution in [1.82, 2.24) is 15.2 Å². The number of ether oxygens (including phenoxy) is 1. The minimum atomic E-state index is -2.99. The van der Waals surface area contributed by atoms with Crippen molar-refractivity contribution in [3.63, 3.8) is 0 Å². The van der Waals surface area contributed by atoms with Crippen LogP contribution in [-0.2, 0) is 9.84 Å². The van der Waals surface area contributed by atoms with Crippen LogP contribution in [0.3, 0.4) is 0 Å². The van der Waals surface area contributed by atoms with Gasteiger partial charge in [-0.15, -0.1) is 5.10 Å². The van der Waals surface area contributed by atoms with E-state index in [9.17, 15) is 8.42 Å². The molecule has 2 heterocycles. The second-order valence-corrected chi connectivity index (χ2v) is 8.59. The molecule has 140 valence electrons. The average molecular weight is 398 g/mol. The standard InChI is InChI=1S/C16H20ClN5O3S/c1-3-22(12-6-7-26(23,24)10-12)16-20-15(9-18-21-16)19-11-4-5-14(25-2)13(17)8-11/h4-5,8-9,12H,3,6-7,10H2,1-2H3,(H,19,20,21). The first-order chi connectivity index (χ1) is 12.4. The summed E-state index contributed by atoms with van der Waals surface area (Å²) in [4.78, 5) is 6.35. The number of hydrogen-bond acceptors (Lipinski definition) is 8. The summed E-state index contributed by atoms with van der Waals surface area (Å²) in [6.07, 6.45) is 2.08. The Balaban J connectivity index is 1.80. The first-order valence-electron chi connectivity index (χ1n) is 8.19. The minimum Gasteiger partial charge on any atom is -0.495 e. The molecule has 8 nitrogen and oxygen atoms in total. The summed E-state index contributed by atoms with van der Waals surface area (Å²) < 4.78 is 28.7. The first-order valence-corrected chi connectivity index (χ1v) is 10.4. The van der Waals surface area contributed by atoms with Crippen molar-refractivity contribution >= 4 is 38.9 Å². The van der Waals surface area contributed by atoms with Crippen molar-refractivity contribution in [2.75, 3.05) is 35.4 Å². The summed E-state index contributed by atoms with van der Waals surface area (Å²) in [5.74, 6) is 1.80. The van der Waals surface area contributed by atoms with Gasteiger partial charge < -0.3 is 15.0 Å². The van der Waals surface area contributed by atoms with Crippen molar-refractivity contribution in [3.8, 4) is 5.75 Å². The highest BCUT2D eigenvalue weighted by atomic mass is 35.5. The average Bonchev–Trinajstić information content (AvgIpc) is 2.96. The molecule has 1 aliphatic rings. The van der Waals surface area contributed by atoms with E-state index in [0.29, 0.717) is 35.5 Å². The minimum absolute atomic E-state index is 0.121. The lowest BCUT2D eigenvalue weighted by Gasteiger charge is -2.26. The van der Waals surface area contributed by atoms with Gasteiger partial charge in [0.05, 0.1) is 29.8 Å². The van der Waals surface area contributed by atoms with Gasteiger partial charge in [0.1, 0.15) is 5.75 Å². The maximum Gasteiger partial charge on any atom is 0.247 e. The van der Waals surface area contributed by atoms with Crippen LogP contribution in [0, 0.1) is 0 Å². The number of benzene rings is 1. The molecule has 26 heavy (non-hydrogen) atoms. The van der Waals surface area contributed by atoms with E-state index in [4.69, 9.17) is 16.3 Å². The van der Waals surface area contributed by atoms with E-state index in [-0.39, 0.29) is 17.5 Å². The van der Waals surface area contributed by atoms with E-state index in [2.05, 4.69) is 20.5 Å². The zero-order chi connectivity index (χ0) is 18.7. The van der Waals surface area contributed by atoms with Gasteiger partial charge in [0, 0.05) is 18.3 Å². The third-order valence-electron chi connectivity index (χ3n) is 4.22. The molecule has 0 radical (unpaired) electrons. The summed E-state index contributed by atoms with van der Waals surface area (Å²) in [6, 6.07) is 5.16. The molecule has 1 saturated heterocycles. The summed E-state index contributed by atoms with van der Waals surface area (Å²) in [6.45, 7) is 2.54. The van der Waals surface area contributed by atoms with E-state index >= 15 is 0 Å². The second kappa shape index (κ2) is 7.63. The summed E-state index contributed by atoms with van der Waals surface area (Å²) in [5.41, 5.74) is 0.730. The van der Waals surface area contributed by atoms with Gasteiger partial charge in [0.2, 0.25) is 5.95 Å². The van der Waals surface area contributed by atoms with Crippen molar-refractivity contribution in [3.05, 3.63) is 29.4 Å². The summed E-state index contributed by atoms with van der Waals surface area (Å²) >= 11 is 6.13. The molecular weight excluding hydrogens is 378 g/mol. The quantitative estimate of drug-likeness (QED) is 0.792. The molecule has 0 amide bonds. The smallest absolute Gasteiger partial charge is 0.247 e. The van der Waals surface area contributed by atoms with Crippen molar-refractivity contribution in [2.24, 2.45) is 0 Å². The van der Waals surface area contributed by atoms with Gasteiger partial charge in [-0.25, -0.2) is 8.42 Å².